The number of piperazine rings is 1. The largest absolute Gasteiger partial charge is 0.416 e. The monoisotopic (exact) mass is 409 g/mol. The molecule has 1 aliphatic heterocycles. The molecule has 1 aromatic heterocycles. The van der Waals surface area contributed by atoms with E-state index in [2.05, 4.69) is 5.16 Å². The van der Waals surface area contributed by atoms with E-state index < -0.39 is 17.6 Å². The second kappa shape index (κ2) is 7.88. The minimum Gasteiger partial charge on any atom is -0.360 e. The molecule has 0 aliphatic carbocycles. The topological polar surface area (TPSA) is 66.7 Å². The fourth-order valence-corrected chi connectivity index (χ4v) is 3.32. The molecule has 3 rings (SSSR count). The summed E-state index contributed by atoms with van der Waals surface area (Å²) >= 11 is 0. The van der Waals surface area contributed by atoms with E-state index in [1.807, 2.05) is 13.8 Å². The van der Waals surface area contributed by atoms with Gasteiger partial charge in [0.2, 0.25) is 0 Å². The highest BCUT2D eigenvalue weighted by molar-refractivity contribution is 5.97. The Morgan fingerprint density at radius 2 is 1.66 bits per heavy atom. The number of rotatable bonds is 3. The SMILES string of the molecule is Cc1noc(C(C)C)c1C(=O)N1CCN(C(=O)c2cccc(C(F)(F)F)c2)CC1. The summed E-state index contributed by atoms with van der Waals surface area (Å²) in [7, 11) is 0. The maximum Gasteiger partial charge on any atom is 0.416 e. The Balaban J connectivity index is 1.69. The molecule has 6 nitrogen and oxygen atoms in total. The van der Waals surface area contributed by atoms with Crippen LogP contribution in [0, 0.1) is 6.92 Å². The van der Waals surface area contributed by atoms with Crippen molar-refractivity contribution in [3.8, 4) is 0 Å². The van der Waals surface area contributed by atoms with Crippen LogP contribution in [-0.4, -0.2) is 52.9 Å². The van der Waals surface area contributed by atoms with Crippen LogP contribution in [-0.2, 0) is 6.18 Å². The highest BCUT2D eigenvalue weighted by Crippen LogP contribution is 2.30. The number of hydrogen-bond acceptors (Lipinski definition) is 4. The van der Waals surface area contributed by atoms with Gasteiger partial charge in [-0.3, -0.25) is 9.59 Å². The second-order valence-electron chi connectivity index (χ2n) is 7.32. The van der Waals surface area contributed by atoms with Gasteiger partial charge in [-0.25, -0.2) is 0 Å². The number of alkyl halides is 3. The minimum atomic E-state index is -4.51. The van der Waals surface area contributed by atoms with Crippen molar-refractivity contribution in [3.05, 3.63) is 52.4 Å². The third kappa shape index (κ3) is 4.28. The van der Waals surface area contributed by atoms with Crippen LogP contribution in [0.3, 0.4) is 0 Å². The van der Waals surface area contributed by atoms with Gasteiger partial charge in [-0.05, 0) is 25.1 Å². The maximum absolute atomic E-state index is 12.9. The zero-order valence-electron chi connectivity index (χ0n) is 16.4. The van der Waals surface area contributed by atoms with Crippen LogP contribution in [0.2, 0.25) is 0 Å². The summed E-state index contributed by atoms with van der Waals surface area (Å²) in [6, 6.07) is 4.37. The van der Waals surface area contributed by atoms with Crippen LogP contribution in [0.5, 0.6) is 0 Å². The summed E-state index contributed by atoms with van der Waals surface area (Å²) in [5.41, 5.74) is 0.0803. The molecule has 29 heavy (non-hydrogen) atoms. The second-order valence-corrected chi connectivity index (χ2v) is 7.32. The Hall–Kier alpha value is -2.84. The summed E-state index contributed by atoms with van der Waals surface area (Å²) in [6.07, 6.45) is -4.51. The van der Waals surface area contributed by atoms with Gasteiger partial charge in [0.15, 0.2) is 5.76 Å². The van der Waals surface area contributed by atoms with Crippen LogP contribution in [0.4, 0.5) is 13.2 Å². The van der Waals surface area contributed by atoms with Crippen LogP contribution >= 0.6 is 0 Å². The van der Waals surface area contributed by atoms with Gasteiger partial charge in [0.25, 0.3) is 11.8 Å². The molecular weight excluding hydrogens is 387 g/mol. The third-order valence-corrected chi connectivity index (χ3v) is 4.92. The van der Waals surface area contributed by atoms with Crippen molar-refractivity contribution in [1.29, 1.82) is 0 Å². The summed E-state index contributed by atoms with van der Waals surface area (Å²) in [6.45, 7) is 6.56. The molecular formula is C20H22F3N3O3. The molecule has 2 heterocycles. The van der Waals surface area contributed by atoms with Gasteiger partial charge < -0.3 is 14.3 Å². The molecule has 156 valence electrons. The van der Waals surface area contributed by atoms with Gasteiger partial charge in [0, 0.05) is 37.7 Å². The molecule has 0 saturated carbocycles. The quantitative estimate of drug-likeness (QED) is 0.775. The van der Waals surface area contributed by atoms with Gasteiger partial charge in [-0.2, -0.15) is 13.2 Å². The number of aromatic nitrogens is 1. The lowest BCUT2D eigenvalue weighted by molar-refractivity contribution is -0.137. The van der Waals surface area contributed by atoms with E-state index >= 15 is 0 Å². The Morgan fingerprint density at radius 1 is 1.07 bits per heavy atom. The van der Waals surface area contributed by atoms with Crippen molar-refractivity contribution in [3.63, 3.8) is 0 Å². The number of carbonyl (C=O) groups excluding carboxylic acids is 2. The number of amides is 2. The number of benzene rings is 1. The Bertz CT molecular complexity index is 913. The van der Waals surface area contributed by atoms with E-state index in [4.69, 9.17) is 4.52 Å². The van der Waals surface area contributed by atoms with Crippen LogP contribution in [0.15, 0.2) is 28.8 Å². The van der Waals surface area contributed by atoms with E-state index in [0.29, 0.717) is 17.0 Å². The molecule has 9 heteroatoms. The van der Waals surface area contributed by atoms with Crippen LogP contribution in [0.25, 0.3) is 0 Å². The van der Waals surface area contributed by atoms with Crippen LogP contribution in [0.1, 0.15) is 57.5 Å². The normalized spacial score (nSPS) is 15.1. The minimum absolute atomic E-state index is 0.000995. The lowest BCUT2D eigenvalue weighted by atomic mass is 10.0. The van der Waals surface area contributed by atoms with Crippen molar-refractivity contribution in [2.75, 3.05) is 26.2 Å². The summed E-state index contributed by atoms with van der Waals surface area (Å²) < 4.78 is 43.9. The molecule has 0 bridgehead atoms. The molecule has 0 N–H and O–H groups in total. The molecule has 0 spiro atoms. The number of halogens is 3. The molecule has 0 radical (unpaired) electrons. The summed E-state index contributed by atoms with van der Waals surface area (Å²) in [4.78, 5) is 28.6. The molecule has 0 unspecified atom stereocenters. The van der Waals surface area contributed by atoms with Gasteiger partial charge in [-0.15, -0.1) is 0 Å². The average Bonchev–Trinajstić information content (AvgIpc) is 3.08. The van der Waals surface area contributed by atoms with Crippen LogP contribution < -0.4 is 0 Å². The standard InChI is InChI=1S/C20H22F3N3O3/c1-12(2)17-16(13(3)24-29-17)19(28)26-9-7-25(8-10-26)18(27)14-5-4-6-15(11-14)20(21,22)23/h4-6,11-12H,7-10H2,1-3H3. The Labute approximate surface area is 166 Å². The lowest BCUT2D eigenvalue weighted by Gasteiger charge is -2.35. The average molecular weight is 409 g/mol. The molecule has 1 fully saturated rings. The first kappa shape index (κ1) is 20.9. The lowest BCUT2D eigenvalue weighted by Crippen LogP contribution is -2.50. The van der Waals surface area contributed by atoms with Crippen molar-refractivity contribution in [2.45, 2.75) is 32.9 Å². The van der Waals surface area contributed by atoms with Crippen molar-refractivity contribution < 1.29 is 27.3 Å². The van der Waals surface area contributed by atoms with Gasteiger partial charge in [0.1, 0.15) is 5.56 Å². The van der Waals surface area contributed by atoms with E-state index in [-0.39, 0.29) is 43.6 Å². The summed E-state index contributed by atoms with van der Waals surface area (Å²) in [5, 5.41) is 3.89. The fourth-order valence-electron chi connectivity index (χ4n) is 3.32. The van der Waals surface area contributed by atoms with E-state index in [1.54, 1.807) is 11.8 Å². The van der Waals surface area contributed by atoms with E-state index in [9.17, 15) is 22.8 Å². The first-order valence-electron chi connectivity index (χ1n) is 9.31. The molecule has 0 atom stereocenters. The van der Waals surface area contributed by atoms with Gasteiger partial charge >= 0.3 is 6.18 Å². The fraction of sp³-hybridized carbons (Fsp3) is 0.450. The maximum atomic E-state index is 12.9. The van der Waals surface area contributed by atoms with Gasteiger partial charge in [0.05, 0.1) is 11.3 Å². The number of hydrogen-bond donors (Lipinski definition) is 0. The first-order valence-corrected chi connectivity index (χ1v) is 9.31. The third-order valence-electron chi connectivity index (χ3n) is 4.92. The van der Waals surface area contributed by atoms with E-state index in [0.717, 1.165) is 12.1 Å². The summed E-state index contributed by atoms with van der Waals surface area (Å²) in [5.74, 6) is -0.167. The number of nitrogens with zero attached hydrogens (tertiary/aromatic N) is 3. The number of aryl methyl sites for hydroxylation is 1. The highest BCUT2D eigenvalue weighted by Gasteiger charge is 2.33. The van der Waals surface area contributed by atoms with Gasteiger partial charge in [-0.1, -0.05) is 25.1 Å². The predicted molar refractivity (Wildman–Crippen MR) is 98.6 cm³/mol. The first-order chi connectivity index (χ1) is 13.6. The van der Waals surface area contributed by atoms with Crippen molar-refractivity contribution in [2.24, 2.45) is 0 Å². The molecule has 1 saturated heterocycles. The van der Waals surface area contributed by atoms with E-state index in [1.165, 1.54) is 17.0 Å². The molecule has 1 aliphatic rings. The molecule has 2 amide bonds. The smallest absolute Gasteiger partial charge is 0.360 e. The zero-order chi connectivity index (χ0) is 21.3. The predicted octanol–water partition coefficient (Wildman–Crippen LogP) is 3.72. The highest BCUT2D eigenvalue weighted by atomic mass is 19.4. The molecule has 2 aromatic rings. The number of carbonyl (C=O) groups is 2. The Kier molecular flexibility index (Phi) is 5.68. The molecule has 1 aromatic carbocycles. The van der Waals surface area contributed by atoms with Crippen molar-refractivity contribution >= 4 is 11.8 Å². The zero-order valence-corrected chi connectivity index (χ0v) is 16.4. The Morgan fingerprint density at radius 3 is 2.21 bits per heavy atom. The van der Waals surface area contributed by atoms with Crippen molar-refractivity contribution in [1.82, 2.24) is 15.0 Å².